The number of aliphatic imine (C=N–C) groups is 1. The lowest BCUT2D eigenvalue weighted by Crippen LogP contribution is -2.40. The molecule has 1 aromatic heterocycles. The highest BCUT2D eigenvalue weighted by molar-refractivity contribution is 5.80. The van der Waals surface area contributed by atoms with Crippen molar-refractivity contribution < 1.29 is 0 Å². The summed E-state index contributed by atoms with van der Waals surface area (Å²) >= 11 is 0. The van der Waals surface area contributed by atoms with Gasteiger partial charge in [0.25, 0.3) is 0 Å². The Morgan fingerprint density at radius 1 is 1.39 bits per heavy atom. The minimum absolute atomic E-state index is 0.574. The quantitative estimate of drug-likeness (QED) is 0.692. The van der Waals surface area contributed by atoms with E-state index < -0.39 is 0 Å². The van der Waals surface area contributed by atoms with Gasteiger partial charge in [-0.15, -0.1) is 10.2 Å². The topological polar surface area (TPSA) is 58.3 Å². The van der Waals surface area contributed by atoms with Crippen LogP contribution in [0, 0.1) is 6.92 Å². The number of hydrogen-bond acceptors (Lipinski definition) is 3. The van der Waals surface area contributed by atoms with Crippen LogP contribution in [0.3, 0.4) is 0 Å². The van der Waals surface area contributed by atoms with Crippen molar-refractivity contribution in [3.8, 4) is 0 Å². The highest BCUT2D eigenvalue weighted by Gasteiger charge is 2.26. The zero-order valence-corrected chi connectivity index (χ0v) is 14.0. The van der Waals surface area contributed by atoms with Gasteiger partial charge in [-0.2, -0.15) is 0 Å². The first kappa shape index (κ1) is 15.5. The van der Waals surface area contributed by atoms with Crippen molar-refractivity contribution in [3.63, 3.8) is 0 Å². The number of benzene rings is 1. The molecule has 1 atom stereocenters. The van der Waals surface area contributed by atoms with Gasteiger partial charge in [-0.25, -0.2) is 0 Å². The summed E-state index contributed by atoms with van der Waals surface area (Å²) < 4.78 is 1.92. The van der Waals surface area contributed by atoms with Crippen molar-refractivity contribution in [1.82, 2.24) is 25.0 Å². The maximum Gasteiger partial charge on any atom is 0.194 e. The van der Waals surface area contributed by atoms with Crippen molar-refractivity contribution in [2.75, 3.05) is 20.1 Å². The number of nitrogens with zero attached hydrogens (tertiary/aromatic N) is 5. The molecule has 1 aromatic carbocycles. The fourth-order valence-corrected chi connectivity index (χ4v) is 3.21. The minimum Gasteiger partial charge on any atom is -0.349 e. The Labute approximate surface area is 137 Å². The van der Waals surface area contributed by atoms with Crippen LogP contribution >= 0.6 is 0 Å². The summed E-state index contributed by atoms with van der Waals surface area (Å²) in [6.07, 6.45) is 2.87. The average Bonchev–Trinajstić information content (AvgIpc) is 3.18. The fraction of sp³-hybridized carbons (Fsp3) is 0.471. The molecule has 0 saturated carbocycles. The molecule has 0 radical (unpaired) electrons. The summed E-state index contributed by atoms with van der Waals surface area (Å²) in [4.78, 5) is 6.75. The van der Waals surface area contributed by atoms with Crippen LogP contribution in [0.2, 0.25) is 0 Å². The van der Waals surface area contributed by atoms with Crippen LogP contribution in [0.15, 0.2) is 35.6 Å². The van der Waals surface area contributed by atoms with Gasteiger partial charge in [0.1, 0.15) is 6.33 Å². The van der Waals surface area contributed by atoms with E-state index in [1.54, 1.807) is 6.33 Å². The van der Waals surface area contributed by atoms with E-state index in [0.29, 0.717) is 12.5 Å². The van der Waals surface area contributed by atoms with E-state index in [4.69, 9.17) is 0 Å². The van der Waals surface area contributed by atoms with Crippen molar-refractivity contribution in [1.29, 1.82) is 0 Å². The van der Waals surface area contributed by atoms with Gasteiger partial charge in [-0.05, 0) is 24.5 Å². The van der Waals surface area contributed by atoms with Gasteiger partial charge in [0.2, 0.25) is 0 Å². The van der Waals surface area contributed by atoms with Crippen LogP contribution in [0.1, 0.15) is 29.3 Å². The van der Waals surface area contributed by atoms with Gasteiger partial charge in [-0.1, -0.05) is 24.3 Å². The highest BCUT2D eigenvalue weighted by Crippen LogP contribution is 2.29. The monoisotopic (exact) mass is 312 g/mol. The third-order valence-corrected chi connectivity index (χ3v) is 4.54. The molecule has 0 amide bonds. The van der Waals surface area contributed by atoms with Crippen LogP contribution in [0.25, 0.3) is 0 Å². The lowest BCUT2D eigenvalue weighted by atomic mass is 9.94. The minimum atomic E-state index is 0.574. The van der Waals surface area contributed by atoms with E-state index in [0.717, 1.165) is 31.3 Å². The maximum absolute atomic E-state index is 4.42. The Kier molecular flexibility index (Phi) is 4.60. The standard InChI is InChI=1S/C17H24N6/c1-13-6-4-5-7-15(13)14-8-9-23(11-14)17(18-2)19-10-16-21-20-12-22(16)3/h4-7,12,14H,8-11H2,1-3H3,(H,18,19). The van der Waals surface area contributed by atoms with Gasteiger partial charge in [0.05, 0.1) is 6.54 Å². The number of aryl methyl sites for hydroxylation is 2. The van der Waals surface area contributed by atoms with Crippen LogP contribution in [0.4, 0.5) is 0 Å². The first-order valence-corrected chi connectivity index (χ1v) is 8.03. The number of nitrogens with one attached hydrogen (secondary N) is 1. The first-order chi connectivity index (χ1) is 11.2. The Bertz CT molecular complexity index is 690. The van der Waals surface area contributed by atoms with Crippen LogP contribution in [-0.2, 0) is 13.6 Å². The van der Waals surface area contributed by atoms with Gasteiger partial charge >= 0.3 is 0 Å². The van der Waals surface area contributed by atoms with Gasteiger partial charge < -0.3 is 14.8 Å². The second kappa shape index (κ2) is 6.81. The van der Waals surface area contributed by atoms with Gasteiger partial charge in [-0.3, -0.25) is 4.99 Å². The molecule has 0 spiro atoms. The number of guanidine groups is 1. The molecule has 1 saturated heterocycles. The number of rotatable bonds is 3. The molecule has 1 aliphatic rings. The van der Waals surface area contributed by atoms with Gasteiger partial charge in [0.15, 0.2) is 11.8 Å². The number of aromatic nitrogens is 3. The molecule has 23 heavy (non-hydrogen) atoms. The molecule has 1 aliphatic heterocycles. The van der Waals surface area contributed by atoms with E-state index in [9.17, 15) is 0 Å². The summed E-state index contributed by atoms with van der Waals surface area (Å²) in [6.45, 7) is 4.86. The van der Waals surface area contributed by atoms with Crippen LogP contribution < -0.4 is 5.32 Å². The predicted octanol–water partition coefficient (Wildman–Crippen LogP) is 1.69. The molecule has 0 bridgehead atoms. The number of likely N-dealkylation sites (tertiary alicyclic amines) is 1. The van der Waals surface area contributed by atoms with Crippen molar-refractivity contribution in [2.24, 2.45) is 12.0 Å². The Balaban J connectivity index is 1.63. The van der Waals surface area contributed by atoms with E-state index >= 15 is 0 Å². The smallest absolute Gasteiger partial charge is 0.194 e. The maximum atomic E-state index is 4.42. The molecule has 0 aliphatic carbocycles. The van der Waals surface area contributed by atoms with Crippen LogP contribution in [0.5, 0.6) is 0 Å². The summed E-state index contributed by atoms with van der Waals surface area (Å²) in [5.41, 5.74) is 2.83. The Morgan fingerprint density at radius 3 is 2.91 bits per heavy atom. The zero-order valence-electron chi connectivity index (χ0n) is 14.0. The Morgan fingerprint density at radius 2 is 2.22 bits per heavy atom. The molecule has 6 heteroatoms. The van der Waals surface area contributed by atoms with E-state index in [2.05, 4.69) is 56.6 Å². The molecule has 2 heterocycles. The molecule has 6 nitrogen and oxygen atoms in total. The summed E-state index contributed by atoms with van der Waals surface area (Å²) in [7, 11) is 3.78. The van der Waals surface area contributed by atoms with E-state index in [1.807, 2.05) is 18.7 Å². The second-order valence-corrected chi connectivity index (χ2v) is 6.05. The first-order valence-electron chi connectivity index (χ1n) is 8.03. The summed E-state index contributed by atoms with van der Waals surface area (Å²) in [6, 6.07) is 8.68. The molecule has 3 rings (SSSR count). The molecule has 1 unspecified atom stereocenters. The average molecular weight is 312 g/mol. The van der Waals surface area contributed by atoms with Gasteiger partial charge in [0, 0.05) is 33.1 Å². The lowest BCUT2D eigenvalue weighted by Gasteiger charge is -2.22. The molecule has 1 N–H and O–H groups in total. The van der Waals surface area contributed by atoms with E-state index in [-0.39, 0.29) is 0 Å². The number of hydrogen-bond donors (Lipinski definition) is 1. The second-order valence-electron chi connectivity index (χ2n) is 6.05. The van der Waals surface area contributed by atoms with Crippen molar-refractivity contribution >= 4 is 5.96 Å². The summed E-state index contributed by atoms with van der Waals surface area (Å²) in [5, 5.41) is 11.4. The molecule has 122 valence electrons. The SMILES string of the molecule is CN=C(NCc1nncn1C)N1CCC(c2ccccc2C)C1. The molecule has 2 aromatic rings. The molecular weight excluding hydrogens is 288 g/mol. The molecule has 1 fully saturated rings. The normalized spacial score (nSPS) is 18.5. The van der Waals surface area contributed by atoms with E-state index in [1.165, 1.54) is 11.1 Å². The third-order valence-electron chi connectivity index (χ3n) is 4.54. The summed E-state index contributed by atoms with van der Waals surface area (Å²) in [5.74, 6) is 2.41. The third kappa shape index (κ3) is 3.36. The zero-order chi connectivity index (χ0) is 16.2. The van der Waals surface area contributed by atoms with Crippen molar-refractivity contribution in [2.45, 2.75) is 25.8 Å². The predicted molar refractivity (Wildman–Crippen MR) is 91.3 cm³/mol. The van der Waals surface area contributed by atoms with Crippen molar-refractivity contribution in [3.05, 3.63) is 47.5 Å². The molecular formula is C17H24N6. The van der Waals surface area contributed by atoms with Crippen LogP contribution in [-0.4, -0.2) is 45.8 Å². The lowest BCUT2D eigenvalue weighted by molar-refractivity contribution is 0.483. The highest BCUT2D eigenvalue weighted by atomic mass is 15.3. The Hall–Kier alpha value is -2.37. The largest absolute Gasteiger partial charge is 0.349 e. The fourth-order valence-electron chi connectivity index (χ4n) is 3.21.